The maximum atomic E-state index is 12.8. The molecule has 0 aromatic carbocycles. The van der Waals surface area contributed by atoms with E-state index in [0.717, 1.165) is 11.4 Å². The highest BCUT2D eigenvalue weighted by molar-refractivity contribution is 6.74. The van der Waals surface area contributed by atoms with Crippen molar-refractivity contribution in [2.24, 2.45) is 11.8 Å². The van der Waals surface area contributed by atoms with Crippen molar-refractivity contribution < 1.29 is 14.0 Å². The lowest BCUT2D eigenvalue weighted by molar-refractivity contribution is -0.141. The maximum absolute atomic E-state index is 12.8. The fourth-order valence-electron chi connectivity index (χ4n) is 3.27. The third-order valence-corrected chi connectivity index (χ3v) is 10.5. The van der Waals surface area contributed by atoms with Crippen LogP contribution in [0.4, 0.5) is 0 Å². The number of nitrogens with zero attached hydrogens (tertiary/aromatic N) is 2. The molecule has 0 radical (unpaired) electrons. The van der Waals surface area contributed by atoms with Gasteiger partial charge in [-0.1, -0.05) is 27.7 Å². The van der Waals surface area contributed by atoms with Crippen LogP contribution in [0.3, 0.4) is 0 Å². The molecule has 1 unspecified atom stereocenters. The van der Waals surface area contributed by atoms with Crippen LogP contribution in [-0.4, -0.2) is 42.1 Å². The molecule has 1 aromatic rings. The first-order valence-corrected chi connectivity index (χ1v) is 12.2. The van der Waals surface area contributed by atoms with Gasteiger partial charge in [-0.25, -0.2) is 4.68 Å². The summed E-state index contributed by atoms with van der Waals surface area (Å²) in [4.78, 5) is 25.1. The summed E-state index contributed by atoms with van der Waals surface area (Å²) in [5.41, 5.74) is 1.62. The maximum Gasteiger partial charge on any atom is 0.252 e. The largest absolute Gasteiger partial charge is 0.413 e. The van der Waals surface area contributed by atoms with Gasteiger partial charge in [0.05, 0.1) is 29.7 Å². The second kappa shape index (κ2) is 6.92. The number of carbonyl (C=O) groups excluding carboxylic acids is 2. The average molecular weight is 380 g/mol. The minimum atomic E-state index is -1.99. The number of aromatic nitrogens is 2. The Kier molecular flexibility index (Phi) is 5.55. The Balaban J connectivity index is 2.14. The van der Waals surface area contributed by atoms with Gasteiger partial charge in [-0.05, 0) is 45.0 Å². The van der Waals surface area contributed by atoms with E-state index in [9.17, 15) is 9.59 Å². The van der Waals surface area contributed by atoms with E-state index < -0.39 is 8.32 Å². The van der Waals surface area contributed by atoms with Gasteiger partial charge in [-0.15, -0.1) is 0 Å². The van der Waals surface area contributed by atoms with Crippen molar-refractivity contribution in [3.8, 4) is 0 Å². The smallest absolute Gasteiger partial charge is 0.252 e. The van der Waals surface area contributed by atoms with Crippen LogP contribution in [0, 0.1) is 25.7 Å². The third-order valence-electron chi connectivity index (χ3n) is 5.94. The van der Waals surface area contributed by atoms with E-state index in [4.69, 9.17) is 4.43 Å². The van der Waals surface area contributed by atoms with Crippen molar-refractivity contribution in [1.82, 2.24) is 15.1 Å². The predicted molar refractivity (Wildman–Crippen MR) is 105 cm³/mol. The van der Waals surface area contributed by atoms with Crippen LogP contribution in [-0.2, 0) is 9.22 Å². The Labute approximate surface area is 157 Å². The molecule has 1 aromatic heterocycles. The average Bonchev–Trinajstić information content (AvgIpc) is 2.79. The summed E-state index contributed by atoms with van der Waals surface area (Å²) in [5, 5.41) is 7.26. The first-order valence-electron chi connectivity index (χ1n) is 9.32. The molecule has 0 spiro atoms. The van der Waals surface area contributed by atoms with E-state index >= 15 is 0 Å². The number of β-lactam (4-membered cyclic amide) rings is 1. The van der Waals surface area contributed by atoms with Gasteiger partial charge < -0.3 is 9.74 Å². The lowest BCUT2D eigenvalue weighted by Crippen LogP contribution is -2.67. The van der Waals surface area contributed by atoms with Crippen molar-refractivity contribution in [3.63, 3.8) is 0 Å². The molecule has 146 valence electrons. The van der Waals surface area contributed by atoms with E-state index in [0.29, 0.717) is 0 Å². The molecule has 2 rings (SSSR count). The van der Waals surface area contributed by atoms with Crippen LogP contribution in [0.15, 0.2) is 6.07 Å². The summed E-state index contributed by atoms with van der Waals surface area (Å²) in [5.74, 6) is -0.791. The highest BCUT2D eigenvalue weighted by Crippen LogP contribution is 2.39. The molecule has 0 saturated carbocycles. The SMILES string of the molecule is Cc1cc(C)n(C(=O)C(C)[C@@H]2NC(=O)[C@@H]2[C@@H](C)O[Si](C)(C)C(C)(C)C)n1. The summed E-state index contributed by atoms with van der Waals surface area (Å²) < 4.78 is 7.86. The minimum Gasteiger partial charge on any atom is -0.413 e. The van der Waals surface area contributed by atoms with Crippen LogP contribution in [0.2, 0.25) is 18.1 Å². The summed E-state index contributed by atoms with van der Waals surface area (Å²) in [6.45, 7) is 18.4. The zero-order valence-electron chi connectivity index (χ0n) is 17.5. The summed E-state index contributed by atoms with van der Waals surface area (Å²) in [7, 11) is -1.99. The number of nitrogens with one attached hydrogen (secondary N) is 1. The van der Waals surface area contributed by atoms with Gasteiger partial charge in [-0.2, -0.15) is 5.10 Å². The van der Waals surface area contributed by atoms with Gasteiger partial charge in [0.15, 0.2) is 8.32 Å². The molecule has 1 aliphatic heterocycles. The fraction of sp³-hybridized carbons (Fsp3) is 0.737. The number of hydrogen-bond acceptors (Lipinski definition) is 4. The molecule has 1 aliphatic rings. The quantitative estimate of drug-likeness (QED) is 0.629. The molecule has 7 heteroatoms. The molecule has 0 bridgehead atoms. The van der Waals surface area contributed by atoms with Crippen LogP contribution in [0.1, 0.15) is 50.8 Å². The van der Waals surface area contributed by atoms with Gasteiger partial charge in [0.25, 0.3) is 5.91 Å². The Bertz CT molecular complexity index is 705. The minimum absolute atomic E-state index is 0.0331. The van der Waals surface area contributed by atoms with Crippen molar-refractivity contribution >= 4 is 20.1 Å². The monoisotopic (exact) mass is 379 g/mol. The van der Waals surface area contributed by atoms with Gasteiger partial charge in [0, 0.05) is 5.69 Å². The Morgan fingerprint density at radius 3 is 2.31 bits per heavy atom. The van der Waals surface area contributed by atoms with Crippen LogP contribution < -0.4 is 5.32 Å². The van der Waals surface area contributed by atoms with Crippen molar-refractivity contribution in [1.29, 1.82) is 0 Å². The van der Waals surface area contributed by atoms with E-state index in [-0.39, 0.29) is 40.8 Å². The highest BCUT2D eigenvalue weighted by Gasteiger charge is 2.50. The predicted octanol–water partition coefficient (Wildman–Crippen LogP) is 3.30. The van der Waals surface area contributed by atoms with Crippen LogP contribution >= 0.6 is 0 Å². The molecule has 0 aliphatic carbocycles. The molecule has 1 amide bonds. The molecule has 6 nitrogen and oxygen atoms in total. The number of amides is 1. The Hall–Kier alpha value is -1.47. The van der Waals surface area contributed by atoms with Gasteiger partial charge >= 0.3 is 0 Å². The van der Waals surface area contributed by atoms with Gasteiger partial charge in [0.1, 0.15) is 0 Å². The van der Waals surface area contributed by atoms with Gasteiger partial charge in [0.2, 0.25) is 5.91 Å². The lowest BCUT2D eigenvalue weighted by Gasteiger charge is -2.46. The van der Waals surface area contributed by atoms with Crippen molar-refractivity contribution in [2.75, 3.05) is 0 Å². The van der Waals surface area contributed by atoms with E-state index in [2.05, 4.69) is 44.3 Å². The van der Waals surface area contributed by atoms with Gasteiger partial charge in [-0.3, -0.25) is 9.59 Å². The zero-order chi connectivity index (χ0) is 20.0. The molecule has 26 heavy (non-hydrogen) atoms. The van der Waals surface area contributed by atoms with Crippen LogP contribution in [0.5, 0.6) is 0 Å². The zero-order valence-corrected chi connectivity index (χ0v) is 18.5. The fourth-order valence-corrected chi connectivity index (χ4v) is 4.70. The van der Waals surface area contributed by atoms with E-state index in [1.54, 1.807) is 0 Å². The number of hydrogen-bond donors (Lipinski definition) is 1. The number of carbonyl (C=O) groups is 2. The molecule has 1 N–H and O–H groups in total. The molecular formula is C19H33N3O3Si. The number of aryl methyl sites for hydroxylation is 2. The van der Waals surface area contributed by atoms with Crippen molar-refractivity contribution in [3.05, 3.63) is 17.5 Å². The van der Waals surface area contributed by atoms with Crippen LogP contribution in [0.25, 0.3) is 0 Å². The first kappa shape index (κ1) is 20.8. The van der Waals surface area contributed by atoms with Crippen molar-refractivity contribution in [2.45, 2.75) is 78.7 Å². The third kappa shape index (κ3) is 3.78. The molecular weight excluding hydrogens is 346 g/mol. The molecule has 1 saturated heterocycles. The Morgan fingerprint density at radius 2 is 1.88 bits per heavy atom. The lowest BCUT2D eigenvalue weighted by atomic mass is 9.78. The number of rotatable bonds is 5. The van der Waals surface area contributed by atoms with E-state index in [1.807, 2.05) is 33.8 Å². The highest BCUT2D eigenvalue weighted by atomic mass is 28.4. The summed E-state index contributed by atoms with van der Waals surface area (Å²) in [6, 6.07) is 1.66. The molecule has 1 fully saturated rings. The second-order valence-electron chi connectivity index (χ2n) is 9.11. The molecule has 4 atom stereocenters. The molecule has 2 heterocycles. The second-order valence-corrected chi connectivity index (χ2v) is 13.9. The topological polar surface area (TPSA) is 73.2 Å². The van der Waals surface area contributed by atoms with E-state index in [1.165, 1.54) is 4.68 Å². The normalized spacial score (nSPS) is 23.2. The Morgan fingerprint density at radius 1 is 1.31 bits per heavy atom. The standard InChI is InChI=1S/C19H33N3O3Si/c1-11-10-12(2)22(21-11)18(24)13(3)16-15(17(23)20-16)14(4)25-26(8,9)19(5,6)7/h10,13-16H,1-9H3,(H,20,23)/t13?,14-,15-,16+/m1/s1. The summed E-state index contributed by atoms with van der Waals surface area (Å²) in [6.07, 6.45) is -0.217. The first-order chi connectivity index (χ1) is 11.8. The summed E-state index contributed by atoms with van der Waals surface area (Å²) >= 11 is 0.